The van der Waals surface area contributed by atoms with E-state index in [1.54, 1.807) is 11.3 Å². The van der Waals surface area contributed by atoms with Crippen molar-refractivity contribution in [1.29, 1.82) is 0 Å². The fraction of sp³-hybridized carbons (Fsp3) is 0.500. The van der Waals surface area contributed by atoms with Crippen LogP contribution in [0.4, 0.5) is 0 Å². The predicted molar refractivity (Wildman–Crippen MR) is 52.6 cm³/mol. The standard InChI is InChI=1S/C8H12ClNOS/c9-6-3-5-12-8(6)7(10)2-1-4-11/h3,5,7,11H,1-2,4,10H2/t7-/m1/s1. The highest BCUT2D eigenvalue weighted by molar-refractivity contribution is 7.10. The predicted octanol–water partition coefficient (Wildman–Crippen LogP) is 2.17. The lowest BCUT2D eigenvalue weighted by atomic mass is 10.1. The van der Waals surface area contributed by atoms with Crippen molar-refractivity contribution in [2.45, 2.75) is 18.9 Å². The Balaban J connectivity index is 2.52. The van der Waals surface area contributed by atoms with Gasteiger partial charge in [-0.3, -0.25) is 0 Å². The topological polar surface area (TPSA) is 46.2 Å². The first kappa shape index (κ1) is 9.99. The second-order valence-corrected chi connectivity index (χ2v) is 3.96. The third-order valence-electron chi connectivity index (χ3n) is 1.65. The van der Waals surface area contributed by atoms with E-state index in [0.717, 1.165) is 22.7 Å². The summed E-state index contributed by atoms with van der Waals surface area (Å²) >= 11 is 7.45. The molecule has 2 nitrogen and oxygen atoms in total. The Kier molecular flexibility index (Phi) is 4.01. The molecule has 0 radical (unpaired) electrons. The number of thiophene rings is 1. The van der Waals surface area contributed by atoms with Crippen LogP contribution < -0.4 is 5.73 Å². The molecule has 3 N–H and O–H groups in total. The van der Waals surface area contributed by atoms with Crippen LogP contribution >= 0.6 is 22.9 Å². The zero-order valence-electron chi connectivity index (χ0n) is 6.66. The van der Waals surface area contributed by atoms with Crippen molar-refractivity contribution in [3.05, 3.63) is 21.3 Å². The summed E-state index contributed by atoms with van der Waals surface area (Å²) in [6.45, 7) is 0.191. The van der Waals surface area contributed by atoms with Gasteiger partial charge in [-0.1, -0.05) is 11.6 Å². The quantitative estimate of drug-likeness (QED) is 0.792. The second-order valence-electron chi connectivity index (χ2n) is 2.61. The molecule has 0 aliphatic carbocycles. The second kappa shape index (κ2) is 4.82. The van der Waals surface area contributed by atoms with Gasteiger partial charge in [0.05, 0.1) is 5.02 Å². The molecule has 1 aromatic rings. The van der Waals surface area contributed by atoms with Crippen LogP contribution in [0.2, 0.25) is 5.02 Å². The van der Waals surface area contributed by atoms with Gasteiger partial charge in [0, 0.05) is 17.5 Å². The van der Waals surface area contributed by atoms with Crippen molar-refractivity contribution >= 4 is 22.9 Å². The van der Waals surface area contributed by atoms with Gasteiger partial charge < -0.3 is 10.8 Å². The Morgan fingerprint density at radius 3 is 2.92 bits per heavy atom. The molecule has 1 heterocycles. The normalized spacial score (nSPS) is 13.2. The first-order chi connectivity index (χ1) is 5.75. The summed E-state index contributed by atoms with van der Waals surface area (Å²) in [7, 11) is 0. The van der Waals surface area contributed by atoms with Crippen molar-refractivity contribution in [1.82, 2.24) is 0 Å². The lowest BCUT2D eigenvalue weighted by Crippen LogP contribution is -2.09. The maximum Gasteiger partial charge on any atom is 0.0561 e. The fourth-order valence-electron chi connectivity index (χ4n) is 1.01. The van der Waals surface area contributed by atoms with Crippen LogP contribution in [0.3, 0.4) is 0 Å². The minimum atomic E-state index is -0.0235. The van der Waals surface area contributed by atoms with Crippen molar-refractivity contribution in [2.24, 2.45) is 5.73 Å². The molecule has 0 fully saturated rings. The average molecular weight is 206 g/mol. The number of hydrogen-bond donors (Lipinski definition) is 2. The van der Waals surface area contributed by atoms with Gasteiger partial charge in [0.2, 0.25) is 0 Å². The lowest BCUT2D eigenvalue weighted by Gasteiger charge is -2.08. The molecule has 0 unspecified atom stereocenters. The summed E-state index contributed by atoms with van der Waals surface area (Å²) in [6, 6.07) is 1.82. The highest BCUT2D eigenvalue weighted by Crippen LogP contribution is 2.29. The summed E-state index contributed by atoms with van der Waals surface area (Å²) < 4.78 is 0. The molecule has 0 amide bonds. The Morgan fingerprint density at radius 2 is 2.42 bits per heavy atom. The lowest BCUT2D eigenvalue weighted by molar-refractivity contribution is 0.280. The Labute approximate surface area is 81.0 Å². The molecule has 68 valence electrons. The van der Waals surface area contributed by atoms with E-state index in [4.69, 9.17) is 22.4 Å². The van der Waals surface area contributed by atoms with E-state index in [0.29, 0.717) is 0 Å². The monoisotopic (exact) mass is 205 g/mol. The van der Waals surface area contributed by atoms with Gasteiger partial charge >= 0.3 is 0 Å². The van der Waals surface area contributed by atoms with E-state index < -0.39 is 0 Å². The van der Waals surface area contributed by atoms with Crippen LogP contribution in [-0.4, -0.2) is 11.7 Å². The smallest absolute Gasteiger partial charge is 0.0561 e. The third kappa shape index (κ3) is 2.45. The zero-order valence-corrected chi connectivity index (χ0v) is 8.24. The molecular formula is C8H12ClNOS. The summed E-state index contributed by atoms with van der Waals surface area (Å²) in [5.74, 6) is 0. The zero-order chi connectivity index (χ0) is 8.97. The summed E-state index contributed by atoms with van der Waals surface area (Å²) in [5, 5.41) is 11.3. The maximum absolute atomic E-state index is 8.60. The number of halogens is 1. The van der Waals surface area contributed by atoms with Crippen molar-refractivity contribution in [3.8, 4) is 0 Å². The van der Waals surface area contributed by atoms with Crippen molar-refractivity contribution in [2.75, 3.05) is 6.61 Å². The van der Waals surface area contributed by atoms with Crippen LogP contribution in [0, 0.1) is 0 Å². The summed E-state index contributed by atoms with van der Waals surface area (Å²) in [4.78, 5) is 1.02. The van der Waals surface area contributed by atoms with E-state index in [1.165, 1.54) is 0 Å². The van der Waals surface area contributed by atoms with Gasteiger partial charge in [0.15, 0.2) is 0 Å². The van der Waals surface area contributed by atoms with Crippen LogP contribution in [0.1, 0.15) is 23.8 Å². The van der Waals surface area contributed by atoms with Gasteiger partial charge in [0.1, 0.15) is 0 Å². The van der Waals surface area contributed by atoms with E-state index in [1.807, 2.05) is 11.4 Å². The van der Waals surface area contributed by atoms with E-state index in [2.05, 4.69) is 0 Å². The molecule has 0 saturated carbocycles. The molecule has 1 rings (SSSR count). The van der Waals surface area contributed by atoms with Gasteiger partial charge in [-0.25, -0.2) is 0 Å². The first-order valence-electron chi connectivity index (χ1n) is 3.85. The van der Waals surface area contributed by atoms with Crippen molar-refractivity contribution < 1.29 is 5.11 Å². The van der Waals surface area contributed by atoms with Gasteiger partial charge in [-0.05, 0) is 24.3 Å². The van der Waals surface area contributed by atoms with E-state index >= 15 is 0 Å². The van der Waals surface area contributed by atoms with Crippen LogP contribution in [-0.2, 0) is 0 Å². The molecule has 0 aliphatic heterocycles. The largest absolute Gasteiger partial charge is 0.396 e. The Bertz CT molecular complexity index is 239. The SMILES string of the molecule is N[C@H](CCCO)c1sccc1Cl. The summed E-state index contributed by atoms with van der Waals surface area (Å²) in [5.41, 5.74) is 5.84. The van der Waals surface area contributed by atoms with Crippen LogP contribution in [0.25, 0.3) is 0 Å². The van der Waals surface area contributed by atoms with Gasteiger partial charge in [0.25, 0.3) is 0 Å². The minimum absolute atomic E-state index is 0.0235. The molecule has 0 aliphatic rings. The Hall–Kier alpha value is -0.0900. The molecular weight excluding hydrogens is 194 g/mol. The molecule has 1 aromatic heterocycles. The van der Waals surface area contributed by atoms with Gasteiger partial charge in [-0.15, -0.1) is 11.3 Å². The Morgan fingerprint density at radius 1 is 1.67 bits per heavy atom. The number of rotatable bonds is 4. The summed E-state index contributed by atoms with van der Waals surface area (Å²) in [6.07, 6.45) is 1.52. The molecule has 0 aromatic carbocycles. The molecule has 1 atom stereocenters. The number of hydrogen-bond acceptors (Lipinski definition) is 3. The number of aliphatic hydroxyl groups is 1. The molecule has 12 heavy (non-hydrogen) atoms. The average Bonchev–Trinajstić information content (AvgIpc) is 2.47. The van der Waals surface area contributed by atoms with Crippen LogP contribution in [0.15, 0.2) is 11.4 Å². The van der Waals surface area contributed by atoms with E-state index in [-0.39, 0.29) is 12.6 Å². The molecule has 0 bridgehead atoms. The third-order valence-corrected chi connectivity index (χ3v) is 3.15. The highest BCUT2D eigenvalue weighted by Gasteiger charge is 2.10. The van der Waals surface area contributed by atoms with Gasteiger partial charge in [-0.2, -0.15) is 0 Å². The first-order valence-corrected chi connectivity index (χ1v) is 5.10. The van der Waals surface area contributed by atoms with Crippen LogP contribution in [0.5, 0.6) is 0 Å². The maximum atomic E-state index is 8.60. The molecule has 4 heteroatoms. The molecule has 0 saturated heterocycles. The van der Waals surface area contributed by atoms with E-state index in [9.17, 15) is 0 Å². The minimum Gasteiger partial charge on any atom is -0.396 e. The number of nitrogens with two attached hydrogens (primary N) is 1. The van der Waals surface area contributed by atoms with Crippen molar-refractivity contribution in [3.63, 3.8) is 0 Å². The number of aliphatic hydroxyl groups excluding tert-OH is 1. The highest BCUT2D eigenvalue weighted by atomic mass is 35.5. The molecule has 0 spiro atoms. The fourth-order valence-corrected chi connectivity index (χ4v) is 2.25.